The Morgan fingerprint density at radius 1 is 0.750 bits per heavy atom. The van der Waals surface area contributed by atoms with Crippen LogP contribution in [0.25, 0.3) is 0 Å². The van der Waals surface area contributed by atoms with Gasteiger partial charge in [0, 0.05) is 0 Å². The molecule has 16 heavy (non-hydrogen) atoms. The van der Waals surface area contributed by atoms with Gasteiger partial charge in [-0.25, -0.2) is 0 Å². The molecule has 0 amide bonds. The first-order chi connectivity index (χ1) is 7.45. The molecule has 0 aliphatic carbocycles. The highest BCUT2D eigenvalue weighted by atomic mass is 16.3. The van der Waals surface area contributed by atoms with Gasteiger partial charge < -0.3 is 10.2 Å². The standard InChI is InChI=1S/C14H22O2/c1-9(2)13(15)11-7-5-6-8-12(11)14(16)10(3)4/h5-10,13-16H,1-4H3/t13-,14-/m0/s1. The van der Waals surface area contributed by atoms with Crippen molar-refractivity contribution in [3.05, 3.63) is 35.4 Å². The van der Waals surface area contributed by atoms with Gasteiger partial charge in [0.25, 0.3) is 0 Å². The number of benzene rings is 1. The Morgan fingerprint density at radius 3 is 1.31 bits per heavy atom. The van der Waals surface area contributed by atoms with E-state index in [1.165, 1.54) is 0 Å². The lowest BCUT2D eigenvalue weighted by atomic mass is 9.89. The molecule has 0 fully saturated rings. The molecule has 0 unspecified atom stereocenters. The topological polar surface area (TPSA) is 40.5 Å². The van der Waals surface area contributed by atoms with Crippen LogP contribution in [-0.2, 0) is 0 Å². The van der Waals surface area contributed by atoms with Crippen LogP contribution >= 0.6 is 0 Å². The Hall–Kier alpha value is -0.860. The predicted octanol–water partition coefficient (Wildman–Crippen LogP) is 3.07. The minimum absolute atomic E-state index is 0.153. The second-order valence-electron chi connectivity index (χ2n) is 5.01. The molecule has 0 aromatic heterocycles. The van der Waals surface area contributed by atoms with E-state index in [0.29, 0.717) is 0 Å². The molecule has 0 heterocycles. The summed E-state index contributed by atoms with van der Waals surface area (Å²) in [6, 6.07) is 7.59. The highest BCUT2D eigenvalue weighted by molar-refractivity contribution is 5.31. The lowest BCUT2D eigenvalue weighted by molar-refractivity contribution is 0.104. The zero-order valence-corrected chi connectivity index (χ0v) is 10.5. The van der Waals surface area contributed by atoms with Crippen molar-refractivity contribution in [2.75, 3.05) is 0 Å². The number of hydrogen-bond donors (Lipinski definition) is 2. The van der Waals surface area contributed by atoms with E-state index in [1.54, 1.807) is 0 Å². The molecule has 90 valence electrons. The van der Waals surface area contributed by atoms with Crippen LogP contribution in [0.2, 0.25) is 0 Å². The molecule has 1 aromatic carbocycles. The summed E-state index contributed by atoms with van der Waals surface area (Å²) in [5.41, 5.74) is 1.69. The second-order valence-corrected chi connectivity index (χ2v) is 5.01. The van der Waals surface area contributed by atoms with Crippen LogP contribution in [0.3, 0.4) is 0 Å². The van der Waals surface area contributed by atoms with Crippen molar-refractivity contribution >= 4 is 0 Å². The van der Waals surface area contributed by atoms with Gasteiger partial charge in [-0.15, -0.1) is 0 Å². The number of aliphatic hydroxyl groups is 2. The quantitative estimate of drug-likeness (QED) is 0.822. The molecule has 0 saturated carbocycles. The smallest absolute Gasteiger partial charge is 0.0816 e. The van der Waals surface area contributed by atoms with Gasteiger partial charge in [0.05, 0.1) is 12.2 Å². The second kappa shape index (κ2) is 5.46. The fraction of sp³-hybridized carbons (Fsp3) is 0.571. The maximum absolute atomic E-state index is 10.1. The van der Waals surface area contributed by atoms with E-state index in [-0.39, 0.29) is 11.8 Å². The Balaban J connectivity index is 3.09. The molecule has 1 aromatic rings. The molecular formula is C14H22O2. The third kappa shape index (κ3) is 2.83. The average molecular weight is 222 g/mol. The number of aliphatic hydroxyl groups excluding tert-OH is 2. The van der Waals surface area contributed by atoms with E-state index in [4.69, 9.17) is 0 Å². The molecular weight excluding hydrogens is 200 g/mol. The minimum Gasteiger partial charge on any atom is -0.388 e. The average Bonchev–Trinajstić information content (AvgIpc) is 2.26. The van der Waals surface area contributed by atoms with E-state index >= 15 is 0 Å². The van der Waals surface area contributed by atoms with E-state index in [2.05, 4.69) is 0 Å². The van der Waals surface area contributed by atoms with Crippen LogP contribution in [0.5, 0.6) is 0 Å². The predicted molar refractivity (Wildman–Crippen MR) is 66.0 cm³/mol. The first kappa shape index (κ1) is 13.2. The zero-order valence-electron chi connectivity index (χ0n) is 10.5. The number of rotatable bonds is 4. The molecule has 0 aliphatic heterocycles. The summed E-state index contributed by atoms with van der Waals surface area (Å²) in [5, 5.41) is 20.2. The van der Waals surface area contributed by atoms with Gasteiger partial charge in [0.2, 0.25) is 0 Å². The van der Waals surface area contributed by atoms with Crippen molar-refractivity contribution in [1.82, 2.24) is 0 Å². The fourth-order valence-corrected chi connectivity index (χ4v) is 1.77. The van der Waals surface area contributed by atoms with Crippen molar-refractivity contribution in [3.8, 4) is 0 Å². The van der Waals surface area contributed by atoms with Gasteiger partial charge in [-0.3, -0.25) is 0 Å². The molecule has 2 atom stereocenters. The summed E-state index contributed by atoms with van der Waals surface area (Å²) in [5.74, 6) is 0.307. The monoisotopic (exact) mass is 222 g/mol. The first-order valence-corrected chi connectivity index (χ1v) is 5.90. The van der Waals surface area contributed by atoms with Gasteiger partial charge in [-0.2, -0.15) is 0 Å². The fourth-order valence-electron chi connectivity index (χ4n) is 1.77. The third-order valence-corrected chi connectivity index (χ3v) is 2.90. The van der Waals surface area contributed by atoms with Crippen molar-refractivity contribution < 1.29 is 10.2 Å². The largest absolute Gasteiger partial charge is 0.388 e. The third-order valence-electron chi connectivity index (χ3n) is 2.90. The molecule has 0 saturated heterocycles. The van der Waals surface area contributed by atoms with Gasteiger partial charge in [-0.05, 0) is 23.0 Å². The van der Waals surface area contributed by atoms with E-state index in [1.807, 2.05) is 52.0 Å². The molecule has 2 nitrogen and oxygen atoms in total. The molecule has 2 heteroatoms. The minimum atomic E-state index is -0.510. The summed E-state index contributed by atoms with van der Waals surface area (Å²) >= 11 is 0. The van der Waals surface area contributed by atoms with Crippen LogP contribution in [0.15, 0.2) is 24.3 Å². The Bertz CT molecular complexity index is 298. The van der Waals surface area contributed by atoms with Crippen molar-refractivity contribution in [1.29, 1.82) is 0 Å². The highest BCUT2D eigenvalue weighted by Crippen LogP contribution is 2.31. The van der Waals surface area contributed by atoms with E-state index in [9.17, 15) is 10.2 Å². The van der Waals surface area contributed by atoms with Gasteiger partial charge in [0.1, 0.15) is 0 Å². The lowest BCUT2D eigenvalue weighted by Gasteiger charge is -2.23. The molecule has 0 spiro atoms. The Morgan fingerprint density at radius 2 is 1.06 bits per heavy atom. The first-order valence-electron chi connectivity index (χ1n) is 5.90. The van der Waals surface area contributed by atoms with E-state index < -0.39 is 12.2 Å². The lowest BCUT2D eigenvalue weighted by Crippen LogP contribution is -2.13. The van der Waals surface area contributed by atoms with Gasteiger partial charge >= 0.3 is 0 Å². The van der Waals surface area contributed by atoms with Crippen LogP contribution in [0.1, 0.15) is 51.0 Å². The SMILES string of the molecule is CC(C)[C@H](O)c1ccccc1[C@@H](O)C(C)C. The molecule has 0 bridgehead atoms. The summed E-state index contributed by atoms with van der Waals surface area (Å²) in [6.45, 7) is 7.90. The van der Waals surface area contributed by atoms with Gasteiger partial charge in [-0.1, -0.05) is 52.0 Å². The van der Waals surface area contributed by atoms with Crippen molar-refractivity contribution in [2.24, 2.45) is 11.8 Å². The maximum Gasteiger partial charge on any atom is 0.0816 e. The normalized spacial score (nSPS) is 15.5. The zero-order chi connectivity index (χ0) is 12.3. The van der Waals surface area contributed by atoms with Crippen LogP contribution in [0.4, 0.5) is 0 Å². The van der Waals surface area contributed by atoms with Crippen molar-refractivity contribution in [3.63, 3.8) is 0 Å². The van der Waals surface area contributed by atoms with Crippen LogP contribution in [-0.4, -0.2) is 10.2 Å². The highest BCUT2D eigenvalue weighted by Gasteiger charge is 2.21. The molecule has 0 radical (unpaired) electrons. The summed E-state index contributed by atoms with van der Waals surface area (Å²) in [4.78, 5) is 0. The van der Waals surface area contributed by atoms with Crippen molar-refractivity contribution in [2.45, 2.75) is 39.9 Å². The van der Waals surface area contributed by atoms with E-state index in [0.717, 1.165) is 11.1 Å². The summed E-state index contributed by atoms with van der Waals surface area (Å²) in [7, 11) is 0. The Kier molecular flexibility index (Phi) is 4.51. The summed E-state index contributed by atoms with van der Waals surface area (Å²) in [6.07, 6.45) is -1.02. The Labute approximate surface area is 97.9 Å². The summed E-state index contributed by atoms with van der Waals surface area (Å²) < 4.78 is 0. The van der Waals surface area contributed by atoms with Gasteiger partial charge in [0.15, 0.2) is 0 Å². The van der Waals surface area contributed by atoms with Crippen LogP contribution < -0.4 is 0 Å². The van der Waals surface area contributed by atoms with Crippen LogP contribution in [0, 0.1) is 11.8 Å². The molecule has 0 aliphatic rings. The number of hydrogen-bond acceptors (Lipinski definition) is 2. The maximum atomic E-state index is 10.1. The molecule has 1 rings (SSSR count). The molecule has 2 N–H and O–H groups in total.